The van der Waals surface area contributed by atoms with E-state index >= 15 is 0 Å². The van der Waals surface area contributed by atoms with E-state index < -0.39 is 0 Å². The third kappa shape index (κ3) is 5.98. The molecule has 1 heterocycles. The minimum Gasteiger partial charge on any atom is -1.00 e. The second-order valence-electron chi connectivity index (χ2n) is 6.88. The third-order valence-corrected chi connectivity index (χ3v) is 4.82. The van der Waals surface area contributed by atoms with Crippen molar-refractivity contribution >= 4 is 6.21 Å². The van der Waals surface area contributed by atoms with Crippen LogP contribution in [0.4, 0.5) is 0 Å². The molecular formula is C22H29ClN3O-. The number of benzene rings is 2. The van der Waals surface area contributed by atoms with Gasteiger partial charge < -0.3 is 17.1 Å². The molecule has 1 aliphatic rings. The summed E-state index contributed by atoms with van der Waals surface area (Å²) in [5, 5.41) is 6.82. The Bertz CT molecular complexity index is 755. The molecule has 0 spiro atoms. The van der Waals surface area contributed by atoms with Gasteiger partial charge in [0.25, 0.3) is 0 Å². The van der Waals surface area contributed by atoms with Gasteiger partial charge in [-0.05, 0) is 44.0 Å². The van der Waals surface area contributed by atoms with Crippen LogP contribution in [0.5, 0.6) is 5.75 Å². The van der Waals surface area contributed by atoms with E-state index in [1.807, 2.05) is 37.4 Å². The van der Waals surface area contributed by atoms with Gasteiger partial charge in [0.15, 0.2) is 0 Å². The number of para-hydroxylation sites is 1. The van der Waals surface area contributed by atoms with Gasteiger partial charge in [0.05, 0.1) is 12.8 Å². The summed E-state index contributed by atoms with van der Waals surface area (Å²) in [6.07, 6.45) is 1.92. The van der Waals surface area contributed by atoms with Crippen molar-refractivity contribution in [3.05, 3.63) is 64.7 Å². The standard InChI is InChI=1S/C22H29N3O.ClH/c1-4-26-22-8-6-5-7-20(22)16-23-25-13-11-24(12-14-25)17-21-10-9-18(2)15-19(21)3;/h5-10,15-16H,4,11-14,17H2,1-3H3;1H/p-1/b23-16+;. The molecule has 1 aliphatic heterocycles. The summed E-state index contributed by atoms with van der Waals surface area (Å²) in [4.78, 5) is 2.51. The van der Waals surface area contributed by atoms with Crippen molar-refractivity contribution in [1.82, 2.24) is 9.91 Å². The van der Waals surface area contributed by atoms with Gasteiger partial charge in [-0.15, -0.1) is 0 Å². The van der Waals surface area contributed by atoms with E-state index in [9.17, 15) is 0 Å². The lowest BCUT2D eigenvalue weighted by Crippen LogP contribution is -3.00. The van der Waals surface area contributed by atoms with E-state index in [0.717, 1.165) is 44.0 Å². The van der Waals surface area contributed by atoms with Crippen LogP contribution in [0.3, 0.4) is 0 Å². The highest BCUT2D eigenvalue weighted by Crippen LogP contribution is 2.17. The fourth-order valence-electron chi connectivity index (χ4n) is 3.29. The number of nitrogens with zero attached hydrogens (tertiary/aromatic N) is 3. The van der Waals surface area contributed by atoms with Crippen LogP contribution in [-0.4, -0.2) is 48.9 Å². The van der Waals surface area contributed by atoms with Crippen LogP contribution in [0.1, 0.15) is 29.2 Å². The number of piperazine rings is 1. The summed E-state index contributed by atoms with van der Waals surface area (Å²) in [7, 11) is 0. The zero-order chi connectivity index (χ0) is 18.4. The number of ether oxygens (including phenoxy) is 1. The van der Waals surface area contributed by atoms with Gasteiger partial charge >= 0.3 is 0 Å². The second-order valence-corrected chi connectivity index (χ2v) is 6.88. The van der Waals surface area contributed by atoms with E-state index in [1.165, 1.54) is 16.7 Å². The molecule has 27 heavy (non-hydrogen) atoms. The van der Waals surface area contributed by atoms with Crippen LogP contribution < -0.4 is 17.1 Å². The number of halogens is 1. The van der Waals surface area contributed by atoms with E-state index in [1.54, 1.807) is 0 Å². The Morgan fingerprint density at radius 2 is 1.78 bits per heavy atom. The van der Waals surface area contributed by atoms with Crippen molar-refractivity contribution in [1.29, 1.82) is 0 Å². The monoisotopic (exact) mass is 386 g/mol. The molecule has 0 aliphatic carbocycles. The van der Waals surface area contributed by atoms with Crippen molar-refractivity contribution in [2.24, 2.45) is 5.10 Å². The van der Waals surface area contributed by atoms with Crippen LogP contribution in [0.25, 0.3) is 0 Å². The third-order valence-electron chi connectivity index (χ3n) is 4.82. The molecule has 0 N–H and O–H groups in total. The van der Waals surface area contributed by atoms with Crippen LogP contribution in [-0.2, 0) is 6.54 Å². The average Bonchev–Trinajstić information content (AvgIpc) is 2.65. The molecule has 146 valence electrons. The summed E-state index contributed by atoms with van der Waals surface area (Å²) in [6, 6.07) is 14.8. The van der Waals surface area contributed by atoms with Crippen LogP contribution in [0.2, 0.25) is 0 Å². The number of aryl methyl sites for hydroxylation is 2. The number of hydrogen-bond donors (Lipinski definition) is 0. The Kier molecular flexibility index (Phi) is 8.14. The molecule has 0 bridgehead atoms. The van der Waals surface area contributed by atoms with Gasteiger partial charge in [0, 0.05) is 38.3 Å². The van der Waals surface area contributed by atoms with Crippen molar-refractivity contribution in [2.75, 3.05) is 32.8 Å². The van der Waals surface area contributed by atoms with Crippen LogP contribution >= 0.6 is 0 Å². The van der Waals surface area contributed by atoms with Crippen molar-refractivity contribution < 1.29 is 17.1 Å². The molecule has 0 radical (unpaired) electrons. The lowest BCUT2D eigenvalue weighted by molar-refractivity contribution is -0.00000602. The zero-order valence-corrected chi connectivity index (χ0v) is 17.2. The minimum absolute atomic E-state index is 0. The first kappa shape index (κ1) is 21.3. The minimum atomic E-state index is 0. The molecule has 3 rings (SSSR count). The molecular weight excluding hydrogens is 358 g/mol. The maximum absolute atomic E-state index is 5.66. The summed E-state index contributed by atoms with van der Waals surface area (Å²) in [5.74, 6) is 0.896. The Labute approximate surface area is 169 Å². The van der Waals surface area contributed by atoms with Gasteiger partial charge in [-0.25, -0.2) is 0 Å². The van der Waals surface area contributed by atoms with Gasteiger partial charge in [-0.3, -0.25) is 9.91 Å². The fourth-order valence-corrected chi connectivity index (χ4v) is 3.29. The maximum Gasteiger partial charge on any atom is 0.128 e. The predicted molar refractivity (Wildman–Crippen MR) is 108 cm³/mol. The SMILES string of the molecule is CCOc1ccccc1/C=N/N1CCN(Cc2ccc(C)cc2C)CC1.[Cl-]. The van der Waals surface area contributed by atoms with E-state index in [-0.39, 0.29) is 12.4 Å². The topological polar surface area (TPSA) is 28.1 Å². The Morgan fingerprint density at radius 1 is 1.04 bits per heavy atom. The van der Waals surface area contributed by atoms with Gasteiger partial charge in [0.1, 0.15) is 5.75 Å². The summed E-state index contributed by atoms with van der Waals surface area (Å²) >= 11 is 0. The van der Waals surface area contributed by atoms with Gasteiger partial charge in [-0.2, -0.15) is 5.10 Å². The van der Waals surface area contributed by atoms with E-state index in [4.69, 9.17) is 4.74 Å². The first-order chi connectivity index (χ1) is 12.7. The Balaban J connectivity index is 0.00000261. The largest absolute Gasteiger partial charge is 1.00 e. The molecule has 1 fully saturated rings. The van der Waals surface area contributed by atoms with Crippen molar-refractivity contribution in [2.45, 2.75) is 27.3 Å². The molecule has 0 unspecified atom stereocenters. The maximum atomic E-state index is 5.66. The zero-order valence-electron chi connectivity index (χ0n) is 16.5. The number of rotatable bonds is 6. The van der Waals surface area contributed by atoms with Gasteiger partial charge in [0.2, 0.25) is 0 Å². The molecule has 0 atom stereocenters. The molecule has 0 aromatic heterocycles. The highest BCUT2D eigenvalue weighted by Gasteiger charge is 2.16. The number of hydrogen-bond acceptors (Lipinski definition) is 4. The highest BCUT2D eigenvalue weighted by atomic mass is 35.5. The van der Waals surface area contributed by atoms with Gasteiger partial charge in [-0.1, -0.05) is 35.9 Å². The normalized spacial score (nSPS) is 15.0. The quantitative estimate of drug-likeness (QED) is 0.689. The molecule has 0 saturated carbocycles. The summed E-state index contributed by atoms with van der Waals surface area (Å²) in [6.45, 7) is 12.0. The smallest absolute Gasteiger partial charge is 0.128 e. The van der Waals surface area contributed by atoms with Crippen molar-refractivity contribution in [3.63, 3.8) is 0 Å². The molecule has 4 nitrogen and oxygen atoms in total. The first-order valence-electron chi connectivity index (χ1n) is 9.45. The number of hydrazone groups is 1. The summed E-state index contributed by atoms with van der Waals surface area (Å²) in [5.41, 5.74) is 5.18. The molecule has 0 amide bonds. The Hall–Kier alpha value is -2.04. The highest BCUT2D eigenvalue weighted by molar-refractivity contribution is 5.83. The fraction of sp³-hybridized carbons (Fsp3) is 0.409. The second kappa shape index (κ2) is 10.3. The summed E-state index contributed by atoms with van der Waals surface area (Å²) < 4.78 is 5.66. The lowest BCUT2D eigenvalue weighted by Gasteiger charge is -2.33. The van der Waals surface area contributed by atoms with E-state index in [0.29, 0.717) is 6.61 Å². The average molecular weight is 387 g/mol. The molecule has 1 saturated heterocycles. The Morgan fingerprint density at radius 3 is 2.48 bits per heavy atom. The van der Waals surface area contributed by atoms with Crippen molar-refractivity contribution in [3.8, 4) is 5.75 Å². The molecule has 5 heteroatoms. The van der Waals surface area contributed by atoms with Crippen LogP contribution in [0.15, 0.2) is 47.6 Å². The first-order valence-corrected chi connectivity index (χ1v) is 9.45. The van der Waals surface area contributed by atoms with E-state index in [2.05, 4.69) is 47.1 Å². The molecule has 2 aromatic rings. The van der Waals surface area contributed by atoms with Crippen LogP contribution in [0, 0.1) is 13.8 Å². The lowest BCUT2D eigenvalue weighted by atomic mass is 10.1. The molecule has 2 aromatic carbocycles. The predicted octanol–water partition coefficient (Wildman–Crippen LogP) is 0.858.